The van der Waals surface area contributed by atoms with Crippen molar-refractivity contribution >= 4 is 34.2 Å². The second kappa shape index (κ2) is 10.1. The van der Waals surface area contributed by atoms with Gasteiger partial charge < -0.3 is 23.9 Å². The van der Waals surface area contributed by atoms with Crippen molar-refractivity contribution in [3.05, 3.63) is 69.5 Å². The van der Waals surface area contributed by atoms with Gasteiger partial charge in [-0.15, -0.1) is 11.3 Å². The molecule has 0 spiro atoms. The summed E-state index contributed by atoms with van der Waals surface area (Å²) in [5.41, 5.74) is 1.46. The fourth-order valence-corrected chi connectivity index (χ4v) is 4.03. The summed E-state index contributed by atoms with van der Waals surface area (Å²) in [6.45, 7) is 5.55. The number of ether oxygens (including phenoxy) is 3. The molecule has 1 amide bonds. The molecule has 0 unspecified atom stereocenters. The Bertz CT molecular complexity index is 1150. The van der Waals surface area contributed by atoms with Crippen LogP contribution in [0.1, 0.15) is 54.4 Å². The molecule has 9 heteroatoms. The molecular formula is C23H23NO7S. The van der Waals surface area contributed by atoms with Crippen LogP contribution in [0.3, 0.4) is 0 Å². The fraction of sp³-hybridized carbons (Fsp3) is 0.261. The van der Waals surface area contributed by atoms with Crippen molar-refractivity contribution in [1.29, 1.82) is 0 Å². The number of furan rings is 1. The van der Waals surface area contributed by atoms with Crippen LogP contribution in [0.15, 0.2) is 40.8 Å². The zero-order valence-corrected chi connectivity index (χ0v) is 19.0. The van der Waals surface area contributed by atoms with Gasteiger partial charge in [0.05, 0.1) is 19.3 Å². The number of carbonyl (C=O) groups excluding carboxylic acids is 3. The third-order valence-electron chi connectivity index (χ3n) is 4.57. The van der Waals surface area contributed by atoms with E-state index in [-0.39, 0.29) is 34.4 Å². The number of hydrogen-bond donors (Lipinski definition) is 1. The molecule has 0 aliphatic heterocycles. The van der Waals surface area contributed by atoms with Gasteiger partial charge in [0.1, 0.15) is 28.0 Å². The maximum absolute atomic E-state index is 12.7. The van der Waals surface area contributed by atoms with Crippen LogP contribution < -0.4 is 10.1 Å². The molecule has 0 fully saturated rings. The number of rotatable bonds is 8. The van der Waals surface area contributed by atoms with E-state index in [1.165, 1.54) is 13.2 Å². The van der Waals surface area contributed by atoms with Crippen LogP contribution in [-0.2, 0) is 16.1 Å². The zero-order valence-electron chi connectivity index (χ0n) is 18.1. The fourth-order valence-electron chi connectivity index (χ4n) is 2.95. The van der Waals surface area contributed by atoms with Crippen molar-refractivity contribution in [1.82, 2.24) is 0 Å². The third kappa shape index (κ3) is 5.00. The normalized spacial score (nSPS) is 10.5. The van der Waals surface area contributed by atoms with E-state index in [0.717, 1.165) is 22.6 Å². The standard InChI is InChI=1S/C23H23NO7S/c1-5-29-23(27)19-14(3)18(22(26)28-4)21(32-19)24-20(25)17-11-10-15(31-17)12-30-16-9-7-6-8-13(16)2/h6-11H,5,12H2,1-4H3,(H,24,25). The summed E-state index contributed by atoms with van der Waals surface area (Å²) in [7, 11) is 1.22. The zero-order chi connectivity index (χ0) is 23.3. The summed E-state index contributed by atoms with van der Waals surface area (Å²) in [5, 5.41) is 2.81. The molecule has 0 bridgehead atoms. The molecule has 0 aliphatic rings. The number of nitrogens with one attached hydrogen (secondary N) is 1. The Labute approximate surface area is 189 Å². The van der Waals surface area contributed by atoms with Gasteiger partial charge in [-0.05, 0) is 50.1 Å². The Morgan fingerprint density at radius 2 is 1.81 bits per heavy atom. The average Bonchev–Trinajstić information content (AvgIpc) is 3.37. The van der Waals surface area contributed by atoms with Crippen molar-refractivity contribution in [3.8, 4) is 5.75 Å². The van der Waals surface area contributed by atoms with Crippen molar-refractivity contribution in [3.63, 3.8) is 0 Å². The lowest BCUT2D eigenvalue weighted by atomic mass is 10.1. The molecule has 1 N–H and O–H groups in total. The Balaban J connectivity index is 1.77. The maximum atomic E-state index is 12.7. The van der Waals surface area contributed by atoms with E-state index in [1.807, 2.05) is 31.2 Å². The van der Waals surface area contributed by atoms with E-state index < -0.39 is 17.8 Å². The summed E-state index contributed by atoms with van der Waals surface area (Å²) >= 11 is 0.943. The molecule has 2 heterocycles. The van der Waals surface area contributed by atoms with Crippen molar-refractivity contribution in [2.75, 3.05) is 19.0 Å². The van der Waals surface area contributed by atoms with Gasteiger partial charge in [0.2, 0.25) is 0 Å². The topological polar surface area (TPSA) is 104 Å². The van der Waals surface area contributed by atoms with Crippen LogP contribution in [0.25, 0.3) is 0 Å². The largest absolute Gasteiger partial charge is 0.485 e. The number of para-hydroxylation sites is 1. The number of amides is 1. The van der Waals surface area contributed by atoms with Gasteiger partial charge in [0, 0.05) is 0 Å². The van der Waals surface area contributed by atoms with E-state index in [1.54, 1.807) is 19.9 Å². The molecule has 32 heavy (non-hydrogen) atoms. The van der Waals surface area contributed by atoms with Gasteiger partial charge >= 0.3 is 11.9 Å². The third-order valence-corrected chi connectivity index (χ3v) is 5.76. The van der Waals surface area contributed by atoms with Crippen LogP contribution in [0.2, 0.25) is 0 Å². The van der Waals surface area contributed by atoms with Crippen LogP contribution in [0, 0.1) is 13.8 Å². The number of benzene rings is 1. The summed E-state index contributed by atoms with van der Waals surface area (Å²) in [6, 6.07) is 10.7. The molecule has 0 atom stereocenters. The summed E-state index contributed by atoms with van der Waals surface area (Å²) in [5.74, 6) is -0.605. The van der Waals surface area contributed by atoms with Gasteiger partial charge in [-0.3, -0.25) is 4.79 Å². The molecule has 1 aromatic carbocycles. The minimum absolute atomic E-state index is 0.0351. The average molecular weight is 458 g/mol. The number of carbonyl (C=O) groups is 3. The van der Waals surface area contributed by atoms with Gasteiger partial charge in [-0.1, -0.05) is 18.2 Å². The van der Waals surface area contributed by atoms with E-state index >= 15 is 0 Å². The minimum Gasteiger partial charge on any atom is -0.485 e. The highest BCUT2D eigenvalue weighted by Gasteiger charge is 2.27. The van der Waals surface area contributed by atoms with E-state index in [0.29, 0.717) is 11.3 Å². The molecule has 3 aromatic rings. The lowest BCUT2D eigenvalue weighted by Crippen LogP contribution is -2.13. The molecular weight excluding hydrogens is 434 g/mol. The highest BCUT2D eigenvalue weighted by Crippen LogP contribution is 2.34. The summed E-state index contributed by atoms with van der Waals surface area (Å²) in [4.78, 5) is 37.4. The van der Waals surface area contributed by atoms with Crippen LogP contribution >= 0.6 is 11.3 Å². The van der Waals surface area contributed by atoms with E-state index in [2.05, 4.69) is 5.32 Å². The van der Waals surface area contributed by atoms with Crippen molar-refractivity contribution in [2.24, 2.45) is 0 Å². The summed E-state index contributed by atoms with van der Waals surface area (Å²) < 4.78 is 21.2. The number of aryl methyl sites for hydroxylation is 1. The Kier molecular flexibility index (Phi) is 7.32. The summed E-state index contributed by atoms with van der Waals surface area (Å²) in [6.07, 6.45) is 0. The van der Waals surface area contributed by atoms with E-state index in [9.17, 15) is 14.4 Å². The smallest absolute Gasteiger partial charge is 0.348 e. The molecule has 0 aliphatic carbocycles. The number of hydrogen-bond acceptors (Lipinski definition) is 8. The number of methoxy groups -OCH3 is 1. The van der Waals surface area contributed by atoms with Gasteiger partial charge in [0.25, 0.3) is 5.91 Å². The Morgan fingerprint density at radius 1 is 1.06 bits per heavy atom. The van der Waals surface area contributed by atoms with Crippen LogP contribution in [0.5, 0.6) is 5.75 Å². The highest BCUT2D eigenvalue weighted by atomic mass is 32.1. The molecule has 168 valence electrons. The number of anilines is 1. The molecule has 0 radical (unpaired) electrons. The van der Waals surface area contributed by atoms with Crippen molar-refractivity contribution in [2.45, 2.75) is 27.4 Å². The predicted molar refractivity (Wildman–Crippen MR) is 119 cm³/mol. The molecule has 8 nitrogen and oxygen atoms in total. The maximum Gasteiger partial charge on any atom is 0.348 e. The second-order valence-electron chi connectivity index (χ2n) is 6.75. The lowest BCUT2D eigenvalue weighted by molar-refractivity contribution is 0.0531. The highest BCUT2D eigenvalue weighted by molar-refractivity contribution is 7.18. The Hall–Kier alpha value is -3.59. The Morgan fingerprint density at radius 3 is 2.50 bits per heavy atom. The first-order valence-corrected chi connectivity index (χ1v) is 10.6. The SMILES string of the molecule is CCOC(=O)c1sc(NC(=O)c2ccc(COc3ccccc3C)o2)c(C(=O)OC)c1C. The first-order valence-electron chi connectivity index (χ1n) is 9.83. The number of thiophene rings is 1. The van der Waals surface area contributed by atoms with Crippen molar-refractivity contribution < 1.29 is 33.0 Å². The quantitative estimate of drug-likeness (QED) is 0.487. The first kappa shape index (κ1) is 23.1. The minimum atomic E-state index is -0.670. The molecule has 0 saturated heterocycles. The second-order valence-corrected chi connectivity index (χ2v) is 7.77. The van der Waals surface area contributed by atoms with Gasteiger partial charge in [-0.2, -0.15) is 0 Å². The van der Waals surface area contributed by atoms with Gasteiger partial charge in [0.15, 0.2) is 5.76 Å². The van der Waals surface area contributed by atoms with Crippen LogP contribution in [-0.4, -0.2) is 31.6 Å². The first-order chi connectivity index (χ1) is 15.3. The molecule has 2 aromatic heterocycles. The van der Waals surface area contributed by atoms with Crippen LogP contribution in [0.4, 0.5) is 5.00 Å². The monoisotopic (exact) mass is 457 g/mol. The van der Waals surface area contributed by atoms with E-state index in [4.69, 9.17) is 18.6 Å². The van der Waals surface area contributed by atoms with Gasteiger partial charge in [-0.25, -0.2) is 9.59 Å². The predicted octanol–water partition coefficient (Wildman–Crippen LogP) is 4.75. The lowest BCUT2D eigenvalue weighted by Gasteiger charge is -2.07. The molecule has 3 rings (SSSR count). The number of esters is 2. The molecule has 0 saturated carbocycles.